The second-order valence-corrected chi connectivity index (χ2v) is 8.01. The number of nitrogens with one attached hydrogen (secondary N) is 1. The molecule has 28 heavy (non-hydrogen) atoms. The molecule has 154 valence electrons. The summed E-state index contributed by atoms with van der Waals surface area (Å²) < 4.78 is 9.95. The number of pyridine rings is 1. The van der Waals surface area contributed by atoms with Crippen molar-refractivity contribution in [3.05, 3.63) is 30.6 Å². The number of nitrogens with zero attached hydrogens (tertiary/aromatic N) is 3. The van der Waals surface area contributed by atoms with Crippen molar-refractivity contribution in [1.82, 2.24) is 20.1 Å². The molecule has 2 aromatic heterocycles. The van der Waals surface area contributed by atoms with Gasteiger partial charge in [0.2, 0.25) is 0 Å². The van der Waals surface area contributed by atoms with Crippen LogP contribution < -0.4 is 5.32 Å². The lowest BCUT2D eigenvalue weighted by Gasteiger charge is -2.19. The van der Waals surface area contributed by atoms with Gasteiger partial charge in [0.25, 0.3) is 0 Å². The Morgan fingerprint density at radius 3 is 2.64 bits per heavy atom. The number of carbonyl (C=O) groups excluding carboxylic acids is 1. The highest BCUT2D eigenvalue weighted by Crippen LogP contribution is 2.22. The molecular formula is C21H33N4O3+. The number of hydrogen-bond donors (Lipinski definition) is 1. The molecule has 1 amide bonds. The average molecular weight is 390 g/mol. The van der Waals surface area contributed by atoms with Crippen LogP contribution in [0.2, 0.25) is 0 Å². The molecule has 0 atom stereocenters. The minimum Gasteiger partial charge on any atom is -0.561 e. The lowest BCUT2D eigenvalue weighted by Crippen LogP contribution is -2.32. The van der Waals surface area contributed by atoms with E-state index in [1.165, 1.54) is 0 Å². The predicted octanol–water partition coefficient (Wildman–Crippen LogP) is 4.56. The molecule has 0 aliphatic carbocycles. The van der Waals surface area contributed by atoms with E-state index in [2.05, 4.69) is 19.8 Å². The van der Waals surface area contributed by atoms with Crippen molar-refractivity contribution >= 4 is 6.09 Å². The van der Waals surface area contributed by atoms with E-state index in [4.69, 9.17) is 4.74 Å². The minimum atomic E-state index is -0.450. The summed E-state index contributed by atoms with van der Waals surface area (Å²) in [6.07, 6.45) is 7.70. The summed E-state index contributed by atoms with van der Waals surface area (Å²) in [5.74, 6) is 0.852. The maximum atomic E-state index is 11.6. The van der Waals surface area contributed by atoms with Crippen LogP contribution in [-0.2, 0) is 15.6 Å². The molecule has 0 saturated heterocycles. The third-order valence-corrected chi connectivity index (χ3v) is 4.05. The van der Waals surface area contributed by atoms with Crippen LogP contribution in [0.3, 0.4) is 0 Å². The molecule has 0 fully saturated rings. The number of aryl methyl sites for hydroxylation is 1. The molecule has 0 saturated carbocycles. The first kappa shape index (κ1) is 21.7. The van der Waals surface area contributed by atoms with E-state index in [1.807, 2.05) is 70.3 Å². The number of hydrogen-bond acceptors (Lipinski definition) is 4. The number of rotatable bonds is 9. The minimum absolute atomic E-state index is 0.345. The molecule has 0 aliphatic heterocycles. The Morgan fingerprint density at radius 1 is 1.18 bits per heavy atom. The fraction of sp³-hybridized carbons (Fsp3) is 0.571. The van der Waals surface area contributed by atoms with Gasteiger partial charge < -0.3 is 14.4 Å². The lowest BCUT2D eigenvalue weighted by molar-refractivity contribution is 0.0411. The third kappa shape index (κ3) is 7.58. The van der Waals surface area contributed by atoms with E-state index in [9.17, 15) is 4.79 Å². The molecule has 7 nitrogen and oxygen atoms in total. The van der Waals surface area contributed by atoms with E-state index in [0.717, 1.165) is 49.4 Å². The van der Waals surface area contributed by atoms with E-state index in [1.54, 1.807) is 0 Å². The first-order valence-corrected chi connectivity index (χ1v) is 9.79. The van der Waals surface area contributed by atoms with Crippen LogP contribution in [0.1, 0.15) is 46.5 Å². The van der Waals surface area contributed by atoms with Crippen molar-refractivity contribution in [2.75, 3.05) is 20.8 Å². The molecule has 2 heterocycles. The normalized spacial score (nSPS) is 11.3. The van der Waals surface area contributed by atoms with Gasteiger partial charge in [-0.2, -0.15) is 10.1 Å². The summed E-state index contributed by atoms with van der Waals surface area (Å²) in [5, 5.41) is 7.23. The van der Waals surface area contributed by atoms with Gasteiger partial charge in [0.1, 0.15) is 5.60 Å². The monoisotopic (exact) mass is 389 g/mol. The Balaban J connectivity index is 1.66. The summed E-state index contributed by atoms with van der Waals surface area (Å²) in [6.45, 7) is 7.11. The molecule has 0 aromatic carbocycles. The number of alkyl carbamates (subject to hydrolysis) is 1. The van der Waals surface area contributed by atoms with Crippen LogP contribution in [0, 0.1) is 0 Å². The van der Waals surface area contributed by atoms with Crippen LogP contribution in [-0.4, -0.2) is 47.2 Å². The second kappa shape index (κ2) is 10.1. The third-order valence-electron chi connectivity index (χ3n) is 4.05. The maximum absolute atomic E-state index is 11.6. The molecule has 0 unspecified atom stereocenters. The molecular weight excluding hydrogens is 356 g/mol. The SMILES string of the molecule is C[O+](C)c1cccc(-c2cnn(CCCCCCNC(=O)OC(C)(C)C)c2)n1. The first-order valence-electron chi connectivity index (χ1n) is 9.79. The number of aromatic nitrogens is 3. The van der Waals surface area contributed by atoms with Crippen LogP contribution in [0.4, 0.5) is 4.79 Å². The first-order chi connectivity index (χ1) is 13.2. The number of carbonyl (C=O) groups is 1. The van der Waals surface area contributed by atoms with Gasteiger partial charge in [-0.3, -0.25) is 4.68 Å². The highest BCUT2D eigenvalue weighted by molar-refractivity contribution is 5.67. The van der Waals surface area contributed by atoms with E-state index >= 15 is 0 Å². The molecule has 7 heteroatoms. The zero-order valence-electron chi connectivity index (χ0n) is 17.7. The standard InChI is InChI=1S/C21H32N4O3/c1-21(2,3)27-20(26)22-13-8-6-7-9-14-25-16-17(15-23-25)18-11-10-12-19(24-18)28(4)5/h10-12,15-16H,6-9,13-14H2,1-5H3/p+1. The second-order valence-electron chi connectivity index (χ2n) is 8.01. The van der Waals surface area contributed by atoms with E-state index in [-0.39, 0.29) is 6.09 Å². The van der Waals surface area contributed by atoms with Gasteiger partial charge in [-0.1, -0.05) is 12.8 Å². The van der Waals surface area contributed by atoms with Gasteiger partial charge in [-0.05, 0) is 45.7 Å². The van der Waals surface area contributed by atoms with E-state index in [0.29, 0.717) is 6.54 Å². The molecule has 0 aliphatic rings. The fourth-order valence-electron chi connectivity index (χ4n) is 2.68. The number of unbranched alkanes of at least 4 members (excludes halogenated alkanes) is 3. The molecule has 2 aromatic rings. The Hall–Kier alpha value is -2.57. The lowest BCUT2D eigenvalue weighted by atomic mass is 10.2. The van der Waals surface area contributed by atoms with Crippen molar-refractivity contribution < 1.29 is 13.9 Å². The molecule has 0 radical (unpaired) electrons. The van der Waals surface area contributed by atoms with Crippen molar-refractivity contribution in [1.29, 1.82) is 0 Å². The quantitative estimate of drug-likeness (QED) is 0.504. The average Bonchev–Trinajstić information content (AvgIpc) is 3.08. The van der Waals surface area contributed by atoms with Crippen molar-refractivity contribution in [2.45, 2.75) is 58.6 Å². The smallest absolute Gasteiger partial charge is 0.407 e. The summed E-state index contributed by atoms with van der Waals surface area (Å²) >= 11 is 0. The topological polar surface area (TPSA) is 71.7 Å². The van der Waals surface area contributed by atoms with Gasteiger partial charge >= 0.3 is 12.0 Å². The van der Waals surface area contributed by atoms with Crippen molar-refractivity contribution in [2.24, 2.45) is 0 Å². The van der Waals surface area contributed by atoms with Crippen LogP contribution in [0.5, 0.6) is 5.88 Å². The van der Waals surface area contributed by atoms with Crippen LogP contribution >= 0.6 is 0 Å². The number of ether oxygens (including phenoxy) is 1. The van der Waals surface area contributed by atoms with Gasteiger partial charge in [0, 0.05) is 24.8 Å². The van der Waals surface area contributed by atoms with Gasteiger partial charge in [-0.15, -0.1) is 0 Å². The summed E-state index contributed by atoms with van der Waals surface area (Å²) in [7, 11) is 3.80. The van der Waals surface area contributed by atoms with Gasteiger partial charge in [0.15, 0.2) is 14.2 Å². The highest BCUT2D eigenvalue weighted by atomic mass is 16.7. The van der Waals surface area contributed by atoms with Gasteiger partial charge in [0.05, 0.1) is 18.0 Å². The Bertz CT molecular complexity index is 750. The van der Waals surface area contributed by atoms with Crippen LogP contribution in [0.15, 0.2) is 30.6 Å². The van der Waals surface area contributed by atoms with Crippen molar-refractivity contribution in [3.63, 3.8) is 0 Å². The highest BCUT2D eigenvalue weighted by Gasteiger charge is 2.15. The molecule has 2 rings (SSSR count). The number of amides is 1. The molecule has 0 spiro atoms. The van der Waals surface area contributed by atoms with Gasteiger partial charge in [-0.25, -0.2) is 4.79 Å². The fourth-order valence-corrected chi connectivity index (χ4v) is 2.68. The summed E-state index contributed by atoms with van der Waals surface area (Å²) in [6, 6.07) is 5.94. The molecule has 0 bridgehead atoms. The summed E-state index contributed by atoms with van der Waals surface area (Å²) in [5.41, 5.74) is 1.48. The van der Waals surface area contributed by atoms with Crippen molar-refractivity contribution in [3.8, 4) is 17.1 Å². The van der Waals surface area contributed by atoms with Crippen LogP contribution in [0.25, 0.3) is 11.3 Å². The molecule has 1 N–H and O–H groups in total. The maximum Gasteiger partial charge on any atom is 0.407 e. The Kier molecular flexibility index (Phi) is 7.84. The Labute approximate surface area is 167 Å². The zero-order chi connectivity index (χ0) is 20.6. The predicted molar refractivity (Wildman–Crippen MR) is 111 cm³/mol. The summed E-state index contributed by atoms with van der Waals surface area (Å²) in [4.78, 5) is 16.2. The largest absolute Gasteiger partial charge is 0.561 e. The van der Waals surface area contributed by atoms with E-state index < -0.39 is 5.60 Å². The Morgan fingerprint density at radius 2 is 1.93 bits per heavy atom. The zero-order valence-corrected chi connectivity index (χ0v) is 17.7.